The van der Waals surface area contributed by atoms with Gasteiger partial charge in [0.2, 0.25) is 0 Å². The Hall–Kier alpha value is -2.36. The van der Waals surface area contributed by atoms with Crippen molar-refractivity contribution in [3.8, 4) is 5.75 Å². The molecule has 1 heterocycles. The van der Waals surface area contributed by atoms with Gasteiger partial charge >= 0.3 is 0 Å². The summed E-state index contributed by atoms with van der Waals surface area (Å²) < 4.78 is 0. The number of nitrogens with zero attached hydrogens (tertiary/aromatic N) is 2. The van der Waals surface area contributed by atoms with Gasteiger partial charge in [0.05, 0.1) is 5.69 Å². The maximum absolute atomic E-state index is 9.31. The number of aryl methyl sites for hydroxylation is 1. The molecule has 1 aromatic carbocycles. The first-order valence-corrected chi connectivity index (χ1v) is 5.80. The summed E-state index contributed by atoms with van der Waals surface area (Å²) in [6, 6.07) is 11.0. The minimum Gasteiger partial charge on any atom is -0.508 e. The van der Waals surface area contributed by atoms with Crippen molar-refractivity contribution in [1.29, 1.82) is 0 Å². The van der Waals surface area contributed by atoms with Crippen LogP contribution in [0, 0.1) is 0 Å². The lowest BCUT2D eigenvalue weighted by Crippen LogP contribution is -1.91. The molecule has 2 aromatic rings. The summed E-state index contributed by atoms with van der Waals surface area (Å²) in [5.74, 6) is 0.305. The van der Waals surface area contributed by atoms with Gasteiger partial charge < -0.3 is 5.11 Å². The molecule has 4 nitrogen and oxygen atoms in total. The molecule has 0 saturated carbocycles. The molecule has 0 saturated heterocycles. The highest BCUT2D eigenvalue weighted by atomic mass is 16.3. The molecule has 2 rings (SSSR count). The average Bonchev–Trinajstić information content (AvgIpc) is 2.40. The molecule has 0 aliphatic heterocycles. The fourth-order valence-electron chi connectivity index (χ4n) is 1.55. The van der Waals surface area contributed by atoms with E-state index < -0.39 is 0 Å². The Bertz CT molecular complexity index is 511. The van der Waals surface area contributed by atoms with E-state index in [0.29, 0.717) is 5.75 Å². The Morgan fingerprint density at radius 1 is 1.22 bits per heavy atom. The largest absolute Gasteiger partial charge is 0.508 e. The zero-order valence-corrected chi connectivity index (χ0v) is 9.95. The van der Waals surface area contributed by atoms with Crippen LogP contribution in [0.4, 0.5) is 5.69 Å². The number of hydrogen-bond acceptors (Lipinski definition) is 4. The van der Waals surface area contributed by atoms with Gasteiger partial charge in [0.25, 0.3) is 0 Å². The first-order valence-electron chi connectivity index (χ1n) is 5.80. The lowest BCUT2D eigenvalue weighted by molar-refractivity contribution is 0.474. The van der Waals surface area contributed by atoms with Crippen molar-refractivity contribution in [3.63, 3.8) is 0 Å². The van der Waals surface area contributed by atoms with E-state index in [1.54, 1.807) is 24.5 Å². The summed E-state index contributed by atoms with van der Waals surface area (Å²) >= 11 is 0. The van der Waals surface area contributed by atoms with Crippen molar-refractivity contribution < 1.29 is 5.11 Å². The second-order valence-corrected chi connectivity index (χ2v) is 3.87. The number of hydrazone groups is 1. The molecule has 2 N–H and O–H groups in total. The SMILES string of the molecule is Oc1cccc(CC/C=N\Nc2ccncc2)c1. The Kier molecular flexibility index (Phi) is 4.30. The van der Waals surface area contributed by atoms with E-state index in [-0.39, 0.29) is 0 Å². The van der Waals surface area contributed by atoms with Crippen molar-refractivity contribution >= 4 is 11.9 Å². The summed E-state index contributed by atoms with van der Waals surface area (Å²) in [6.07, 6.45) is 6.93. The highest BCUT2D eigenvalue weighted by Gasteiger charge is 1.93. The van der Waals surface area contributed by atoms with Crippen LogP contribution in [0.3, 0.4) is 0 Å². The Morgan fingerprint density at radius 3 is 2.83 bits per heavy atom. The molecule has 0 aliphatic rings. The van der Waals surface area contributed by atoms with Gasteiger partial charge in [0.15, 0.2) is 0 Å². The Morgan fingerprint density at radius 2 is 2.06 bits per heavy atom. The van der Waals surface area contributed by atoms with Crippen LogP contribution in [0.2, 0.25) is 0 Å². The predicted molar refractivity (Wildman–Crippen MR) is 72.8 cm³/mol. The first-order chi connectivity index (χ1) is 8.84. The molecule has 0 amide bonds. The highest BCUT2D eigenvalue weighted by Crippen LogP contribution is 2.11. The van der Waals surface area contributed by atoms with E-state index in [0.717, 1.165) is 24.1 Å². The monoisotopic (exact) mass is 241 g/mol. The average molecular weight is 241 g/mol. The maximum atomic E-state index is 9.31. The zero-order chi connectivity index (χ0) is 12.6. The number of anilines is 1. The molecule has 0 unspecified atom stereocenters. The van der Waals surface area contributed by atoms with Gasteiger partial charge in [-0.2, -0.15) is 5.10 Å². The molecule has 0 spiro atoms. The van der Waals surface area contributed by atoms with E-state index in [1.807, 2.05) is 30.5 Å². The van der Waals surface area contributed by atoms with Crippen molar-refractivity contribution in [2.24, 2.45) is 5.10 Å². The van der Waals surface area contributed by atoms with Gasteiger partial charge in [-0.25, -0.2) is 0 Å². The molecule has 1 aromatic heterocycles. The summed E-state index contributed by atoms with van der Waals surface area (Å²) in [5, 5.41) is 13.4. The van der Waals surface area contributed by atoms with E-state index in [9.17, 15) is 5.11 Å². The van der Waals surface area contributed by atoms with Gasteiger partial charge in [-0.15, -0.1) is 0 Å². The minimum atomic E-state index is 0.305. The number of aromatic nitrogens is 1. The smallest absolute Gasteiger partial charge is 0.115 e. The van der Waals surface area contributed by atoms with Gasteiger partial charge in [-0.05, 0) is 42.7 Å². The van der Waals surface area contributed by atoms with Gasteiger partial charge in [-0.3, -0.25) is 10.4 Å². The summed E-state index contributed by atoms with van der Waals surface area (Å²) in [5.41, 5.74) is 4.94. The standard InChI is InChI=1S/C14H15N3O/c18-14-5-1-3-12(11-14)4-2-8-16-17-13-6-9-15-10-7-13/h1,3,5-11,18H,2,4H2,(H,15,17)/b16-8-. The van der Waals surface area contributed by atoms with Crippen LogP contribution < -0.4 is 5.43 Å². The predicted octanol–water partition coefficient (Wildman–Crippen LogP) is 2.82. The van der Waals surface area contributed by atoms with Crippen molar-refractivity contribution in [1.82, 2.24) is 4.98 Å². The number of aromatic hydroxyl groups is 1. The molecule has 18 heavy (non-hydrogen) atoms. The number of hydrogen-bond donors (Lipinski definition) is 2. The van der Waals surface area contributed by atoms with Crippen LogP contribution in [0.5, 0.6) is 5.75 Å². The highest BCUT2D eigenvalue weighted by molar-refractivity contribution is 5.59. The number of rotatable bonds is 5. The summed E-state index contributed by atoms with van der Waals surface area (Å²) in [7, 11) is 0. The van der Waals surface area contributed by atoms with E-state index in [4.69, 9.17) is 0 Å². The second-order valence-electron chi connectivity index (χ2n) is 3.87. The third kappa shape index (κ3) is 3.90. The molecular formula is C14H15N3O. The topological polar surface area (TPSA) is 57.5 Å². The normalized spacial score (nSPS) is 10.7. The summed E-state index contributed by atoms with van der Waals surface area (Å²) in [6.45, 7) is 0. The third-order valence-electron chi connectivity index (χ3n) is 2.44. The zero-order valence-electron chi connectivity index (χ0n) is 9.95. The third-order valence-corrected chi connectivity index (χ3v) is 2.44. The van der Waals surface area contributed by atoms with Crippen LogP contribution in [-0.4, -0.2) is 16.3 Å². The fourth-order valence-corrected chi connectivity index (χ4v) is 1.55. The molecule has 0 aliphatic carbocycles. The first kappa shape index (κ1) is 12.1. The molecular weight excluding hydrogens is 226 g/mol. The van der Waals surface area contributed by atoms with Crippen LogP contribution >= 0.6 is 0 Å². The van der Waals surface area contributed by atoms with Crippen molar-refractivity contribution in [2.75, 3.05) is 5.43 Å². The molecule has 0 bridgehead atoms. The van der Waals surface area contributed by atoms with Gasteiger partial charge in [-0.1, -0.05) is 12.1 Å². The lowest BCUT2D eigenvalue weighted by Gasteiger charge is -1.99. The van der Waals surface area contributed by atoms with Crippen LogP contribution in [-0.2, 0) is 6.42 Å². The molecule has 0 radical (unpaired) electrons. The van der Waals surface area contributed by atoms with Gasteiger partial charge in [0.1, 0.15) is 5.75 Å². The minimum absolute atomic E-state index is 0.305. The molecule has 4 heteroatoms. The second kappa shape index (κ2) is 6.39. The number of phenolic OH excluding ortho intramolecular Hbond substituents is 1. The van der Waals surface area contributed by atoms with Gasteiger partial charge in [0, 0.05) is 18.6 Å². The number of phenols is 1. The van der Waals surface area contributed by atoms with Crippen LogP contribution in [0.25, 0.3) is 0 Å². The maximum Gasteiger partial charge on any atom is 0.115 e. The Labute approximate surface area is 106 Å². The molecule has 0 atom stereocenters. The van der Waals surface area contributed by atoms with Crippen molar-refractivity contribution in [3.05, 3.63) is 54.4 Å². The fraction of sp³-hybridized carbons (Fsp3) is 0.143. The quantitative estimate of drug-likeness (QED) is 0.625. The van der Waals surface area contributed by atoms with Crippen molar-refractivity contribution in [2.45, 2.75) is 12.8 Å². The lowest BCUT2D eigenvalue weighted by atomic mass is 10.1. The van der Waals surface area contributed by atoms with E-state index in [2.05, 4.69) is 15.5 Å². The molecule has 0 fully saturated rings. The summed E-state index contributed by atoms with van der Waals surface area (Å²) in [4.78, 5) is 3.92. The number of nitrogens with one attached hydrogen (secondary N) is 1. The van der Waals surface area contributed by atoms with Crippen LogP contribution in [0.15, 0.2) is 53.9 Å². The number of pyridine rings is 1. The number of benzene rings is 1. The van der Waals surface area contributed by atoms with Crippen LogP contribution in [0.1, 0.15) is 12.0 Å². The van der Waals surface area contributed by atoms with E-state index >= 15 is 0 Å². The Balaban J connectivity index is 1.75. The molecule has 92 valence electrons. The van der Waals surface area contributed by atoms with E-state index in [1.165, 1.54) is 0 Å².